The van der Waals surface area contributed by atoms with Crippen LogP contribution >= 0.6 is 0 Å². The van der Waals surface area contributed by atoms with Crippen molar-refractivity contribution in [3.05, 3.63) is 70.3 Å². The number of rotatable bonds is 7. The highest BCUT2D eigenvalue weighted by Crippen LogP contribution is 2.28. The number of fused-ring (bicyclic) bond motifs is 1. The van der Waals surface area contributed by atoms with Gasteiger partial charge >= 0.3 is 0 Å². The number of hydrogen-bond acceptors (Lipinski definition) is 7. The molecule has 4 aromatic rings. The lowest BCUT2D eigenvalue weighted by molar-refractivity contribution is 0.0211. The zero-order valence-electron chi connectivity index (χ0n) is 21.0. The summed E-state index contributed by atoms with van der Waals surface area (Å²) in [6.45, 7) is 9.58. The number of nitrogens with one attached hydrogen (secondary N) is 2. The molecule has 8 nitrogen and oxygen atoms in total. The van der Waals surface area contributed by atoms with E-state index in [1.807, 2.05) is 57.2 Å². The zero-order chi connectivity index (χ0) is 25.1. The third-order valence-electron chi connectivity index (χ3n) is 6.54. The Bertz CT molecular complexity index is 1440. The number of benzene rings is 1. The van der Waals surface area contributed by atoms with Crippen LogP contribution in [0.3, 0.4) is 0 Å². The van der Waals surface area contributed by atoms with Crippen LogP contribution in [0.1, 0.15) is 24.6 Å². The van der Waals surface area contributed by atoms with Gasteiger partial charge in [0.05, 0.1) is 18.4 Å². The first kappa shape index (κ1) is 24.1. The van der Waals surface area contributed by atoms with Crippen molar-refractivity contribution in [2.45, 2.75) is 39.8 Å². The van der Waals surface area contributed by atoms with Gasteiger partial charge in [0, 0.05) is 54.6 Å². The SMILES string of the molecule is CCNc1ncc2cc(-c3ccc(-c4cccc(C)n4)cc3C)c(=O)n(CC[C@H]3CNCCO3)c2n1. The van der Waals surface area contributed by atoms with E-state index < -0.39 is 0 Å². The molecule has 1 aliphatic rings. The minimum atomic E-state index is -0.0584. The molecular weight excluding hydrogens is 452 g/mol. The summed E-state index contributed by atoms with van der Waals surface area (Å²) >= 11 is 0. The van der Waals surface area contributed by atoms with Crippen LogP contribution in [0.25, 0.3) is 33.4 Å². The van der Waals surface area contributed by atoms with Crippen LogP contribution in [0.15, 0.2) is 53.5 Å². The van der Waals surface area contributed by atoms with E-state index >= 15 is 0 Å². The fourth-order valence-electron chi connectivity index (χ4n) is 4.71. The van der Waals surface area contributed by atoms with Gasteiger partial charge in [0.15, 0.2) is 0 Å². The third kappa shape index (κ3) is 5.01. The fraction of sp³-hybridized carbons (Fsp3) is 0.357. The molecular formula is C28H32N6O2. The second-order valence-corrected chi connectivity index (χ2v) is 9.20. The molecule has 0 amide bonds. The van der Waals surface area contributed by atoms with E-state index in [1.165, 1.54) is 0 Å². The molecule has 8 heteroatoms. The molecule has 1 saturated heterocycles. The summed E-state index contributed by atoms with van der Waals surface area (Å²) in [5, 5.41) is 7.35. The fourth-order valence-corrected chi connectivity index (χ4v) is 4.71. The molecule has 0 spiro atoms. The largest absolute Gasteiger partial charge is 0.376 e. The van der Waals surface area contributed by atoms with Gasteiger partial charge in [0.1, 0.15) is 5.65 Å². The number of aromatic nitrogens is 4. The molecule has 1 fully saturated rings. The lowest BCUT2D eigenvalue weighted by Crippen LogP contribution is -2.39. The molecule has 2 N–H and O–H groups in total. The molecule has 0 bridgehead atoms. The van der Waals surface area contributed by atoms with E-state index in [2.05, 4.69) is 31.7 Å². The average molecular weight is 485 g/mol. The molecule has 0 unspecified atom stereocenters. The molecule has 4 heterocycles. The number of morpholine rings is 1. The maximum atomic E-state index is 13.9. The van der Waals surface area contributed by atoms with E-state index in [1.54, 1.807) is 10.8 Å². The summed E-state index contributed by atoms with van der Waals surface area (Å²) < 4.78 is 7.66. The number of nitrogens with zero attached hydrogens (tertiary/aromatic N) is 4. The van der Waals surface area contributed by atoms with Gasteiger partial charge in [-0.15, -0.1) is 0 Å². The Morgan fingerprint density at radius 2 is 2.03 bits per heavy atom. The topological polar surface area (TPSA) is 94.0 Å². The Labute approximate surface area is 210 Å². The lowest BCUT2D eigenvalue weighted by atomic mass is 9.97. The average Bonchev–Trinajstić information content (AvgIpc) is 2.89. The Hall–Kier alpha value is -3.62. The van der Waals surface area contributed by atoms with E-state index in [0.717, 1.165) is 53.0 Å². The second kappa shape index (κ2) is 10.6. The first-order valence-corrected chi connectivity index (χ1v) is 12.6. The Balaban J connectivity index is 1.58. The minimum Gasteiger partial charge on any atom is -0.376 e. The molecule has 1 aliphatic heterocycles. The predicted octanol–water partition coefficient (Wildman–Crippen LogP) is 3.95. The van der Waals surface area contributed by atoms with E-state index in [0.29, 0.717) is 36.9 Å². The molecule has 5 rings (SSSR count). The molecule has 0 radical (unpaired) electrons. The van der Waals surface area contributed by atoms with Crippen molar-refractivity contribution in [1.82, 2.24) is 24.8 Å². The van der Waals surface area contributed by atoms with E-state index in [4.69, 9.17) is 4.74 Å². The van der Waals surface area contributed by atoms with Gasteiger partial charge in [-0.2, -0.15) is 4.98 Å². The summed E-state index contributed by atoms with van der Waals surface area (Å²) in [7, 11) is 0. The lowest BCUT2D eigenvalue weighted by Gasteiger charge is -2.24. The normalized spacial score (nSPS) is 15.8. The van der Waals surface area contributed by atoms with Gasteiger partial charge in [-0.3, -0.25) is 14.3 Å². The summed E-state index contributed by atoms with van der Waals surface area (Å²) in [5.74, 6) is 0.521. The monoisotopic (exact) mass is 484 g/mol. The van der Waals surface area contributed by atoms with Crippen molar-refractivity contribution in [1.29, 1.82) is 0 Å². The quantitative estimate of drug-likeness (QED) is 0.410. The van der Waals surface area contributed by atoms with Crippen molar-refractivity contribution in [3.8, 4) is 22.4 Å². The van der Waals surface area contributed by atoms with Crippen LogP contribution in [0, 0.1) is 13.8 Å². The Kier molecular flexibility index (Phi) is 7.06. The van der Waals surface area contributed by atoms with Crippen molar-refractivity contribution in [3.63, 3.8) is 0 Å². The van der Waals surface area contributed by atoms with Crippen molar-refractivity contribution >= 4 is 17.0 Å². The van der Waals surface area contributed by atoms with Gasteiger partial charge in [0.2, 0.25) is 5.95 Å². The first-order chi connectivity index (χ1) is 17.5. The van der Waals surface area contributed by atoms with Gasteiger partial charge in [-0.1, -0.05) is 18.2 Å². The van der Waals surface area contributed by atoms with Crippen LogP contribution in [-0.2, 0) is 11.3 Å². The summed E-state index contributed by atoms with van der Waals surface area (Å²) in [6, 6.07) is 14.1. The van der Waals surface area contributed by atoms with Gasteiger partial charge in [-0.05, 0) is 62.6 Å². The van der Waals surface area contributed by atoms with Crippen LogP contribution in [-0.4, -0.2) is 51.9 Å². The minimum absolute atomic E-state index is 0.0584. The zero-order valence-corrected chi connectivity index (χ0v) is 21.0. The van der Waals surface area contributed by atoms with Gasteiger partial charge in [0.25, 0.3) is 5.56 Å². The van der Waals surface area contributed by atoms with Crippen molar-refractivity contribution in [2.75, 3.05) is 31.6 Å². The molecule has 1 aromatic carbocycles. The number of pyridine rings is 2. The molecule has 3 aromatic heterocycles. The van der Waals surface area contributed by atoms with Gasteiger partial charge < -0.3 is 15.4 Å². The molecule has 186 valence electrons. The summed E-state index contributed by atoms with van der Waals surface area (Å²) in [5.41, 5.74) is 6.07. The maximum Gasteiger partial charge on any atom is 0.260 e. The molecule has 1 atom stereocenters. The number of ether oxygens (including phenoxy) is 1. The second-order valence-electron chi connectivity index (χ2n) is 9.20. The van der Waals surface area contributed by atoms with Crippen LogP contribution < -0.4 is 16.2 Å². The summed E-state index contributed by atoms with van der Waals surface area (Å²) in [6.07, 6.45) is 2.59. The summed E-state index contributed by atoms with van der Waals surface area (Å²) in [4.78, 5) is 27.7. The first-order valence-electron chi connectivity index (χ1n) is 12.6. The standard InChI is InChI=1S/C28H32N6O2/c1-4-30-28-31-16-21-15-24(23-9-8-20(14-18(23)2)25-7-5-6-19(3)32-25)27(35)34(26(21)33-28)12-10-22-17-29-11-13-36-22/h5-9,14-16,22,29H,4,10-13,17H2,1-3H3,(H,30,31,33)/t22-/m0/s1. The van der Waals surface area contributed by atoms with Crippen LogP contribution in [0.2, 0.25) is 0 Å². The number of anilines is 1. The molecule has 36 heavy (non-hydrogen) atoms. The van der Waals surface area contributed by atoms with Crippen LogP contribution in [0.5, 0.6) is 0 Å². The highest BCUT2D eigenvalue weighted by Gasteiger charge is 2.18. The Morgan fingerprint density at radius 3 is 2.78 bits per heavy atom. The molecule has 0 saturated carbocycles. The van der Waals surface area contributed by atoms with Crippen molar-refractivity contribution in [2.24, 2.45) is 0 Å². The van der Waals surface area contributed by atoms with E-state index in [-0.39, 0.29) is 11.7 Å². The van der Waals surface area contributed by atoms with E-state index in [9.17, 15) is 4.79 Å². The predicted molar refractivity (Wildman–Crippen MR) is 143 cm³/mol. The number of aryl methyl sites for hydroxylation is 3. The third-order valence-corrected chi connectivity index (χ3v) is 6.54. The van der Waals surface area contributed by atoms with Gasteiger partial charge in [-0.25, -0.2) is 4.98 Å². The maximum absolute atomic E-state index is 13.9. The van der Waals surface area contributed by atoms with Crippen LogP contribution in [0.4, 0.5) is 5.95 Å². The molecule has 0 aliphatic carbocycles. The van der Waals surface area contributed by atoms with Crippen molar-refractivity contribution < 1.29 is 4.74 Å². The smallest absolute Gasteiger partial charge is 0.260 e. The highest BCUT2D eigenvalue weighted by atomic mass is 16.5. The number of hydrogen-bond donors (Lipinski definition) is 2. The Morgan fingerprint density at radius 1 is 1.14 bits per heavy atom. The highest BCUT2D eigenvalue weighted by molar-refractivity contribution is 5.83.